The Morgan fingerprint density at radius 1 is 0.947 bits per heavy atom. The predicted octanol–water partition coefficient (Wildman–Crippen LogP) is 10.6. The molecule has 306 valence electrons. The summed E-state index contributed by atoms with van der Waals surface area (Å²) in [7, 11) is -0.722. The first-order chi connectivity index (χ1) is 27.0. The van der Waals surface area contributed by atoms with E-state index in [9.17, 15) is 4.79 Å². The van der Waals surface area contributed by atoms with Gasteiger partial charge in [0.25, 0.3) is 0 Å². The van der Waals surface area contributed by atoms with Crippen molar-refractivity contribution in [2.45, 2.75) is 142 Å². The van der Waals surface area contributed by atoms with Crippen LogP contribution in [-0.4, -0.2) is 78.5 Å². The molecule has 2 atom stereocenters. The van der Waals surface area contributed by atoms with Gasteiger partial charge in [-0.05, 0) is 93.1 Å². The van der Waals surface area contributed by atoms with Gasteiger partial charge >= 0.3 is 6.09 Å². The smallest absolute Gasteiger partial charge is 0.410 e. The fourth-order valence-electron chi connectivity index (χ4n) is 9.64. The van der Waals surface area contributed by atoms with Crippen molar-refractivity contribution in [1.29, 1.82) is 0 Å². The van der Waals surface area contributed by atoms with Gasteiger partial charge in [0.05, 0.1) is 28.7 Å². The van der Waals surface area contributed by atoms with Crippen LogP contribution in [0.15, 0.2) is 24.3 Å². The fourth-order valence-corrected chi connectivity index (χ4v) is 14.8. The lowest BCUT2D eigenvalue weighted by Crippen LogP contribution is -2.64. The zero-order valence-corrected chi connectivity index (χ0v) is 36.6. The molecule has 2 bridgehead atoms. The number of piperidine rings is 2. The van der Waals surface area contributed by atoms with Crippen LogP contribution in [0.5, 0.6) is 5.75 Å². The second-order valence-electron chi connectivity index (χ2n) is 18.2. The summed E-state index contributed by atoms with van der Waals surface area (Å²) < 4.78 is 53.0. The van der Waals surface area contributed by atoms with Gasteiger partial charge in [-0.3, -0.25) is 4.68 Å². The summed E-state index contributed by atoms with van der Waals surface area (Å²) in [5.74, 6) is 3.59. The van der Waals surface area contributed by atoms with Crippen LogP contribution in [0.4, 0.5) is 19.4 Å². The van der Waals surface area contributed by atoms with Gasteiger partial charge in [0.1, 0.15) is 36.5 Å². The molecule has 9 nitrogen and oxygen atoms in total. The molecule has 1 saturated carbocycles. The number of fused-ring (bicyclic) bond motifs is 5. The van der Waals surface area contributed by atoms with Crippen molar-refractivity contribution in [3.8, 4) is 28.5 Å². The van der Waals surface area contributed by atoms with Crippen LogP contribution < -0.4 is 9.64 Å². The lowest BCUT2D eigenvalue weighted by atomic mass is 9.90. The van der Waals surface area contributed by atoms with Crippen molar-refractivity contribution in [3.63, 3.8) is 0 Å². The molecule has 2 aromatic carbocycles. The molecule has 0 radical (unpaired) electrons. The first-order valence-corrected chi connectivity index (χ1v) is 23.0. The lowest BCUT2D eigenvalue weighted by molar-refractivity contribution is 0.000796. The van der Waals surface area contributed by atoms with E-state index < -0.39 is 25.3 Å². The minimum absolute atomic E-state index is 0.00145. The number of halogens is 2. The van der Waals surface area contributed by atoms with Gasteiger partial charge in [-0.25, -0.2) is 18.6 Å². The Morgan fingerprint density at radius 2 is 1.61 bits per heavy atom. The number of methoxy groups -OCH3 is 1. The number of hydrogen-bond donors (Lipinski definition) is 0. The standard InChI is InChI=1S/C45H59F2N5O4Si/c1-12-37-39-42(52(30-14-15-30)49-43(39)50-23-32-17-16-31(50)24-51(32)44(53)56-45(8,9)10)40(47)41(48-37)35-22-33(55-25-54-11)21-29-13-18-36(46)34(38(29)35)19-20-57(26(2)3,27(4)5)28(6)7/h13,18,21-22,26-28,30-32H,12,14-17,23-25H2,1-11H3/t31?,32-/m1/s1. The Kier molecular flexibility index (Phi) is 11.2. The molecule has 3 aliphatic heterocycles. The zero-order chi connectivity index (χ0) is 41.1. The highest BCUT2D eigenvalue weighted by molar-refractivity contribution is 6.90. The molecule has 12 heteroatoms. The number of aromatic nitrogens is 3. The number of carbonyl (C=O) groups is 1. The molecule has 5 heterocycles. The molecule has 57 heavy (non-hydrogen) atoms. The Labute approximate surface area is 337 Å². The summed E-state index contributed by atoms with van der Waals surface area (Å²) in [5, 5.41) is 7.07. The summed E-state index contributed by atoms with van der Waals surface area (Å²) >= 11 is 0. The number of hydrogen-bond acceptors (Lipinski definition) is 7. The van der Waals surface area contributed by atoms with E-state index >= 15 is 8.78 Å². The van der Waals surface area contributed by atoms with Crippen molar-refractivity contribution in [2.75, 3.05) is 31.9 Å². The summed E-state index contributed by atoms with van der Waals surface area (Å²) in [6.07, 6.45) is 3.77. The van der Waals surface area contributed by atoms with Crippen LogP contribution in [0, 0.1) is 23.1 Å². The third-order valence-corrected chi connectivity index (χ3v) is 18.7. The highest BCUT2D eigenvalue weighted by Gasteiger charge is 2.45. The molecule has 1 unspecified atom stereocenters. The van der Waals surface area contributed by atoms with E-state index in [2.05, 4.69) is 57.9 Å². The van der Waals surface area contributed by atoms with Gasteiger partial charge in [-0.1, -0.05) is 60.5 Å². The third-order valence-electron chi connectivity index (χ3n) is 12.4. The van der Waals surface area contributed by atoms with Gasteiger partial charge in [0, 0.05) is 37.2 Å². The van der Waals surface area contributed by atoms with E-state index in [-0.39, 0.29) is 42.3 Å². The fraction of sp³-hybridized carbons (Fsp3) is 0.578. The van der Waals surface area contributed by atoms with Crippen molar-refractivity contribution in [2.24, 2.45) is 0 Å². The molecular formula is C45H59F2N5O4Si. The highest BCUT2D eigenvalue weighted by Crippen LogP contribution is 2.47. The maximum absolute atomic E-state index is 17.9. The molecule has 0 spiro atoms. The van der Waals surface area contributed by atoms with Crippen LogP contribution in [0.2, 0.25) is 16.6 Å². The number of ether oxygens (including phenoxy) is 3. The normalized spacial score (nSPS) is 18.7. The van der Waals surface area contributed by atoms with E-state index in [1.165, 1.54) is 6.07 Å². The van der Waals surface area contributed by atoms with Gasteiger partial charge in [-0.15, -0.1) is 5.54 Å². The Morgan fingerprint density at radius 3 is 2.19 bits per heavy atom. The van der Waals surface area contributed by atoms with Crippen molar-refractivity contribution in [1.82, 2.24) is 19.7 Å². The quantitative estimate of drug-likeness (QED) is 0.0897. The molecule has 4 fully saturated rings. The highest BCUT2D eigenvalue weighted by atomic mass is 28.3. The van der Waals surface area contributed by atoms with Crippen LogP contribution >= 0.6 is 0 Å². The molecule has 2 aromatic heterocycles. The average molecular weight is 800 g/mol. The van der Waals surface area contributed by atoms with E-state index in [1.54, 1.807) is 19.2 Å². The van der Waals surface area contributed by atoms with Crippen molar-refractivity contribution >= 4 is 41.7 Å². The third kappa shape index (κ3) is 7.39. The Bertz CT molecular complexity index is 2230. The molecule has 1 amide bonds. The molecule has 8 rings (SSSR count). The van der Waals surface area contributed by atoms with Crippen molar-refractivity contribution < 1.29 is 27.8 Å². The van der Waals surface area contributed by atoms with E-state index in [0.717, 1.165) is 25.7 Å². The number of carbonyl (C=O) groups excluding carboxylic acids is 1. The van der Waals surface area contributed by atoms with Gasteiger partial charge in [0.15, 0.2) is 18.4 Å². The summed E-state index contributed by atoms with van der Waals surface area (Å²) in [6.45, 7) is 22.1. The first-order valence-electron chi connectivity index (χ1n) is 20.8. The number of rotatable bonds is 10. The minimum atomic E-state index is -2.27. The van der Waals surface area contributed by atoms with Gasteiger partial charge < -0.3 is 24.0 Å². The van der Waals surface area contributed by atoms with Crippen molar-refractivity contribution in [3.05, 3.63) is 47.2 Å². The number of pyridine rings is 1. The monoisotopic (exact) mass is 799 g/mol. The first kappa shape index (κ1) is 41.0. The van der Waals surface area contributed by atoms with Crippen LogP contribution in [0.1, 0.15) is 112 Å². The summed E-state index contributed by atoms with van der Waals surface area (Å²) in [6, 6.07) is 6.73. The largest absolute Gasteiger partial charge is 0.468 e. The molecule has 3 saturated heterocycles. The number of benzene rings is 2. The van der Waals surface area contributed by atoms with Crippen LogP contribution in [0.3, 0.4) is 0 Å². The number of nitrogens with zero attached hydrogens (tertiary/aromatic N) is 5. The predicted molar refractivity (Wildman–Crippen MR) is 226 cm³/mol. The summed E-state index contributed by atoms with van der Waals surface area (Å²) in [5.41, 5.74) is 6.05. The molecule has 4 aromatic rings. The van der Waals surface area contributed by atoms with E-state index in [4.69, 9.17) is 24.3 Å². The zero-order valence-electron chi connectivity index (χ0n) is 35.6. The molecule has 0 N–H and O–H groups in total. The number of piperazine rings is 1. The number of anilines is 1. The van der Waals surface area contributed by atoms with E-state index in [0.29, 0.717) is 80.6 Å². The Hall–Kier alpha value is -4.21. The SMILES string of the molecule is CCc1nc(-c2cc(OCOC)cc3ccc(F)c(C#C[Si](C(C)C)(C(C)C)C(C)C)c23)c(F)c2c1c(N1C[C@H]3CCC1CN3C(=O)OC(C)(C)C)nn2C1CC1. The average Bonchev–Trinajstić information content (AvgIpc) is 3.93. The Balaban J connectivity index is 1.43. The number of aryl methyl sites for hydroxylation is 1. The number of amides is 1. The maximum atomic E-state index is 17.9. The maximum Gasteiger partial charge on any atom is 0.410 e. The second-order valence-corrected chi connectivity index (χ2v) is 23.7. The second kappa shape index (κ2) is 15.5. The topological polar surface area (TPSA) is 82.0 Å². The molecular weight excluding hydrogens is 741 g/mol. The van der Waals surface area contributed by atoms with Crippen LogP contribution in [-0.2, 0) is 15.9 Å². The lowest BCUT2D eigenvalue weighted by Gasteiger charge is -2.51. The van der Waals surface area contributed by atoms with Gasteiger partial charge in [0.2, 0.25) is 0 Å². The van der Waals surface area contributed by atoms with Gasteiger partial charge in [-0.2, -0.15) is 5.10 Å². The molecule has 1 aliphatic carbocycles. The van der Waals surface area contributed by atoms with Crippen LogP contribution in [0.25, 0.3) is 32.9 Å². The van der Waals surface area contributed by atoms with E-state index in [1.807, 2.05) is 43.3 Å². The minimum Gasteiger partial charge on any atom is -0.468 e. The molecule has 4 aliphatic rings. The summed E-state index contributed by atoms with van der Waals surface area (Å²) in [4.78, 5) is 22.5.